The molecular weight excluding hydrogens is 288 g/mol. The molecule has 0 unspecified atom stereocenters. The number of pyridine rings is 1. The SMILES string of the molecule is Cc1cc(N)ccc1-n1c(O)c2cc(Cl)ccc2cc1=O. The van der Waals surface area contributed by atoms with Crippen molar-refractivity contribution < 1.29 is 5.11 Å². The summed E-state index contributed by atoms with van der Waals surface area (Å²) in [5.74, 6) is -0.132. The standard InChI is InChI=1S/C16H13ClN2O2/c1-9-6-12(18)4-5-14(9)19-15(20)7-10-2-3-11(17)8-13(10)16(19)21/h2-8,21H,18H2,1H3. The number of nitrogens with two attached hydrogens (primary N) is 1. The lowest BCUT2D eigenvalue weighted by Crippen LogP contribution is -2.18. The van der Waals surface area contributed by atoms with Gasteiger partial charge in [0.1, 0.15) is 0 Å². The van der Waals surface area contributed by atoms with E-state index in [4.69, 9.17) is 17.3 Å². The second kappa shape index (κ2) is 4.82. The van der Waals surface area contributed by atoms with Crippen LogP contribution in [0.3, 0.4) is 0 Å². The summed E-state index contributed by atoms with van der Waals surface area (Å²) in [5.41, 5.74) is 7.41. The minimum Gasteiger partial charge on any atom is -0.494 e. The van der Waals surface area contributed by atoms with Gasteiger partial charge in [0.15, 0.2) is 0 Å². The molecule has 3 rings (SSSR count). The summed E-state index contributed by atoms with van der Waals surface area (Å²) in [6.07, 6.45) is 0. The van der Waals surface area contributed by atoms with E-state index in [1.807, 2.05) is 6.92 Å². The minimum atomic E-state index is -0.310. The number of benzene rings is 2. The predicted molar refractivity (Wildman–Crippen MR) is 85.4 cm³/mol. The minimum absolute atomic E-state index is 0.132. The molecule has 4 nitrogen and oxygen atoms in total. The highest BCUT2D eigenvalue weighted by Crippen LogP contribution is 2.29. The highest BCUT2D eigenvalue weighted by atomic mass is 35.5. The van der Waals surface area contributed by atoms with E-state index in [1.165, 1.54) is 10.6 Å². The van der Waals surface area contributed by atoms with Gasteiger partial charge in [0, 0.05) is 22.2 Å². The molecule has 0 radical (unpaired) electrons. The summed E-state index contributed by atoms with van der Waals surface area (Å²) < 4.78 is 1.26. The van der Waals surface area contributed by atoms with Crippen molar-refractivity contribution in [3.8, 4) is 11.6 Å². The van der Waals surface area contributed by atoms with Gasteiger partial charge in [-0.2, -0.15) is 0 Å². The van der Waals surface area contributed by atoms with Crippen molar-refractivity contribution in [2.24, 2.45) is 0 Å². The Hall–Kier alpha value is -2.46. The molecule has 0 aliphatic heterocycles. The third-order valence-electron chi connectivity index (χ3n) is 3.43. The van der Waals surface area contributed by atoms with Gasteiger partial charge in [0.05, 0.1) is 5.69 Å². The molecule has 0 spiro atoms. The number of anilines is 1. The molecule has 3 aromatic rings. The molecule has 5 heteroatoms. The molecule has 0 saturated heterocycles. The Bertz CT molecular complexity index is 916. The van der Waals surface area contributed by atoms with E-state index in [-0.39, 0.29) is 11.4 Å². The molecule has 0 atom stereocenters. The molecule has 0 amide bonds. The highest BCUT2D eigenvalue weighted by molar-refractivity contribution is 6.31. The van der Waals surface area contributed by atoms with Crippen LogP contribution in [0.25, 0.3) is 16.5 Å². The fourth-order valence-corrected chi connectivity index (χ4v) is 2.60. The average molecular weight is 301 g/mol. The van der Waals surface area contributed by atoms with Crippen LogP contribution in [0.4, 0.5) is 5.69 Å². The molecule has 0 aliphatic rings. The van der Waals surface area contributed by atoms with Crippen molar-refractivity contribution in [1.29, 1.82) is 0 Å². The van der Waals surface area contributed by atoms with Gasteiger partial charge < -0.3 is 10.8 Å². The number of fused-ring (bicyclic) bond motifs is 1. The summed E-state index contributed by atoms with van der Waals surface area (Å²) in [6.45, 7) is 1.83. The average Bonchev–Trinajstić information content (AvgIpc) is 2.42. The van der Waals surface area contributed by atoms with Crippen molar-refractivity contribution >= 4 is 28.1 Å². The molecule has 1 heterocycles. The van der Waals surface area contributed by atoms with Crippen LogP contribution in [0, 0.1) is 6.92 Å². The number of aromatic hydroxyl groups is 1. The molecular formula is C16H13ClN2O2. The van der Waals surface area contributed by atoms with Crippen LogP contribution in [-0.4, -0.2) is 9.67 Å². The zero-order valence-electron chi connectivity index (χ0n) is 11.3. The Morgan fingerprint density at radius 1 is 1.14 bits per heavy atom. The van der Waals surface area contributed by atoms with Crippen molar-refractivity contribution in [3.05, 3.63) is 63.4 Å². The topological polar surface area (TPSA) is 68.2 Å². The summed E-state index contributed by atoms with van der Waals surface area (Å²) in [4.78, 5) is 12.3. The molecule has 0 aliphatic carbocycles. The van der Waals surface area contributed by atoms with Crippen LogP contribution in [0.2, 0.25) is 5.02 Å². The number of aromatic nitrogens is 1. The van der Waals surface area contributed by atoms with Gasteiger partial charge in [-0.1, -0.05) is 17.7 Å². The molecule has 2 aromatic carbocycles. The van der Waals surface area contributed by atoms with Gasteiger partial charge in [-0.15, -0.1) is 0 Å². The van der Waals surface area contributed by atoms with Crippen LogP contribution in [0.15, 0.2) is 47.3 Å². The van der Waals surface area contributed by atoms with Gasteiger partial charge in [-0.3, -0.25) is 4.79 Å². The summed E-state index contributed by atoms with van der Waals surface area (Å²) >= 11 is 5.97. The van der Waals surface area contributed by atoms with E-state index >= 15 is 0 Å². The lowest BCUT2D eigenvalue weighted by Gasteiger charge is -2.13. The first kappa shape index (κ1) is 13.5. The molecule has 0 saturated carbocycles. The van der Waals surface area contributed by atoms with Crippen LogP contribution in [0.5, 0.6) is 5.88 Å². The second-order valence-corrected chi connectivity index (χ2v) is 5.36. The number of rotatable bonds is 1. The first-order chi connectivity index (χ1) is 9.97. The van der Waals surface area contributed by atoms with Crippen LogP contribution in [0.1, 0.15) is 5.56 Å². The summed E-state index contributed by atoms with van der Waals surface area (Å²) in [5, 5.41) is 12.1. The Morgan fingerprint density at radius 3 is 2.62 bits per heavy atom. The summed E-state index contributed by atoms with van der Waals surface area (Å²) in [7, 11) is 0. The van der Waals surface area contributed by atoms with E-state index in [1.54, 1.807) is 36.4 Å². The van der Waals surface area contributed by atoms with E-state index < -0.39 is 0 Å². The van der Waals surface area contributed by atoms with Gasteiger partial charge in [0.2, 0.25) is 5.88 Å². The van der Waals surface area contributed by atoms with Crippen molar-refractivity contribution in [1.82, 2.24) is 4.57 Å². The molecule has 0 bridgehead atoms. The summed E-state index contributed by atoms with van der Waals surface area (Å²) in [6, 6.07) is 11.7. The number of hydrogen-bond donors (Lipinski definition) is 2. The number of aryl methyl sites for hydroxylation is 1. The zero-order valence-corrected chi connectivity index (χ0v) is 12.1. The van der Waals surface area contributed by atoms with E-state index in [9.17, 15) is 9.90 Å². The molecule has 3 N–H and O–H groups in total. The van der Waals surface area contributed by atoms with Gasteiger partial charge in [-0.25, -0.2) is 4.57 Å². The van der Waals surface area contributed by atoms with Crippen LogP contribution < -0.4 is 11.3 Å². The van der Waals surface area contributed by atoms with E-state index in [0.717, 1.165) is 5.56 Å². The Balaban J connectivity index is 2.39. The fourth-order valence-electron chi connectivity index (χ4n) is 2.43. The van der Waals surface area contributed by atoms with Crippen LogP contribution >= 0.6 is 11.6 Å². The van der Waals surface area contributed by atoms with Crippen molar-refractivity contribution in [2.45, 2.75) is 6.92 Å². The quantitative estimate of drug-likeness (QED) is 0.678. The number of hydrogen-bond acceptors (Lipinski definition) is 3. The van der Waals surface area contributed by atoms with Gasteiger partial charge in [-0.05, 0) is 48.2 Å². The maximum absolute atomic E-state index is 12.3. The Morgan fingerprint density at radius 2 is 1.90 bits per heavy atom. The maximum Gasteiger partial charge on any atom is 0.258 e. The first-order valence-electron chi connectivity index (χ1n) is 6.38. The largest absolute Gasteiger partial charge is 0.494 e. The van der Waals surface area contributed by atoms with Crippen molar-refractivity contribution in [2.75, 3.05) is 5.73 Å². The van der Waals surface area contributed by atoms with Crippen LogP contribution in [-0.2, 0) is 0 Å². The third kappa shape index (κ3) is 2.23. The smallest absolute Gasteiger partial charge is 0.258 e. The van der Waals surface area contributed by atoms with Gasteiger partial charge in [0.25, 0.3) is 5.56 Å². The first-order valence-corrected chi connectivity index (χ1v) is 6.76. The fraction of sp³-hybridized carbons (Fsp3) is 0.0625. The number of nitrogens with zero attached hydrogens (tertiary/aromatic N) is 1. The number of nitrogen functional groups attached to an aromatic ring is 1. The highest BCUT2D eigenvalue weighted by Gasteiger charge is 2.13. The molecule has 106 valence electrons. The van der Waals surface area contributed by atoms with E-state index in [0.29, 0.717) is 27.2 Å². The lowest BCUT2D eigenvalue weighted by molar-refractivity contribution is 0.442. The monoisotopic (exact) mass is 300 g/mol. The Kier molecular flexibility index (Phi) is 3.11. The molecule has 0 fully saturated rings. The lowest BCUT2D eigenvalue weighted by atomic mass is 10.1. The Labute approximate surface area is 126 Å². The predicted octanol–water partition coefficient (Wildman–Crippen LogP) is 3.24. The normalized spacial score (nSPS) is 11.0. The maximum atomic E-state index is 12.3. The molecule has 1 aromatic heterocycles. The molecule has 21 heavy (non-hydrogen) atoms. The van der Waals surface area contributed by atoms with Gasteiger partial charge >= 0.3 is 0 Å². The van der Waals surface area contributed by atoms with E-state index in [2.05, 4.69) is 0 Å². The third-order valence-corrected chi connectivity index (χ3v) is 3.66. The van der Waals surface area contributed by atoms with Crippen molar-refractivity contribution in [3.63, 3.8) is 0 Å². The second-order valence-electron chi connectivity index (χ2n) is 4.92. The number of halogens is 1. The zero-order chi connectivity index (χ0) is 15.1.